The number of aromatic nitrogens is 2. The number of pyridine rings is 1. The number of carbonyl (C=O) groups is 2. The average Bonchev–Trinajstić information content (AvgIpc) is 3.00. The summed E-state index contributed by atoms with van der Waals surface area (Å²) >= 11 is 0. The molecule has 2 heterocycles. The Labute approximate surface area is 163 Å². The van der Waals surface area contributed by atoms with Gasteiger partial charge >= 0.3 is 12.0 Å². The van der Waals surface area contributed by atoms with E-state index in [0.717, 1.165) is 5.39 Å². The van der Waals surface area contributed by atoms with Crippen LogP contribution in [0.15, 0.2) is 66.2 Å². The van der Waals surface area contributed by atoms with Crippen molar-refractivity contribution in [2.24, 2.45) is 5.10 Å². The van der Waals surface area contributed by atoms with Crippen LogP contribution in [0.2, 0.25) is 0 Å². The normalized spacial score (nSPS) is 11.7. The summed E-state index contributed by atoms with van der Waals surface area (Å²) in [5, 5.41) is 4.87. The highest BCUT2D eigenvalue weighted by molar-refractivity contribution is 6.02. The van der Waals surface area contributed by atoms with E-state index < -0.39 is 11.7 Å². The minimum atomic E-state index is -0.597. The van der Waals surface area contributed by atoms with Gasteiger partial charge in [0.2, 0.25) is 6.54 Å². The van der Waals surface area contributed by atoms with Gasteiger partial charge in [0.1, 0.15) is 5.60 Å². The summed E-state index contributed by atoms with van der Waals surface area (Å²) in [6.07, 6.45) is 6.32. The molecule has 28 heavy (non-hydrogen) atoms. The number of hydrogen-bond acceptors (Lipinski definition) is 4. The van der Waals surface area contributed by atoms with Crippen LogP contribution in [0, 0.1) is 0 Å². The Balaban J connectivity index is 1.77. The summed E-state index contributed by atoms with van der Waals surface area (Å²) in [5.41, 5.74) is 3.32. The maximum atomic E-state index is 12.5. The van der Waals surface area contributed by atoms with Gasteiger partial charge in [0, 0.05) is 29.3 Å². The van der Waals surface area contributed by atoms with Crippen molar-refractivity contribution in [3.05, 3.63) is 66.6 Å². The molecule has 0 radical (unpaired) electrons. The summed E-state index contributed by atoms with van der Waals surface area (Å²) in [5.74, 6) is -0.247. The lowest BCUT2D eigenvalue weighted by Gasteiger charge is -2.19. The fourth-order valence-corrected chi connectivity index (χ4v) is 2.69. The maximum Gasteiger partial charge on any atom is 0.419 e. The molecule has 3 aromatic rings. The van der Waals surface area contributed by atoms with Crippen molar-refractivity contribution in [3.8, 4) is 0 Å². The van der Waals surface area contributed by atoms with Crippen molar-refractivity contribution < 1.29 is 18.9 Å². The molecule has 7 nitrogen and oxygen atoms in total. The number of rotatable bonds is 4. The number of benzene rings is 1. The first-order chi connectivity index (χ1) is 13.3. The molecule has 0 unspecified atom stereocenters. The van der Waals surface area contributed by atoms with E-state index in [2.05, 4.69) is 10.5 Å². The quantitative estimate of drug-likeness (QED) is 0.430. The highest BCUT2D eigenvalue weighted by Gasteiger charge is 2.20. The Bertz CT molecular complexity index is 1020. The third kappa shape index (κ3) is 4.82. The second-order valence-electron chi connectivity index (χ2n) is 7.29. The zero-order valence-corrected chi connectivity index (χ0v) is 16.1. The first-order valence-corrected chi connectivity index (χ1v) is 8.93. The van der Waals surface area contributed by atoms with E-state index in [4.69, 9.17) is 4.74 Å². The predicted molar refractivity (Wildman–Crippen MR) is 106 cm³/mol. The largest absolute Gasteiger partial charge is 0.443 e. The van der Waals surface area contributed by atoms with Gasteiger partial charge < -0.3 is 4.74 Å². The molecule has 0 aliphatic heterocycles. The predicted octanol–water partition coefficient (Wildman–Crippen LogP) is 2.86. The van der Waals surface area contributed by atoms with Crippen molar-refractivity contribution in [2.75, 3.05) is 0 Å². The van der Waals surface area contributed by atoms with Gasteiger partial charge in [0.15, 0.2) is 12.4 Å². The van der Waals surface area contributed by atoms with Gasteiger partial charge in [-0.3, -0.25) is 9.36 Å². The lowest BCUT2D eigenvalue weighted by Crippen LogP contribution is -2.40. The van der Waals surface area contributed by atoms with Crippen LogP contribution < -0.4 is 9.99 Å². The molecule has 1 N–H and O–H groups in total. The highest BCUT2D eigenvalue weighted by Crippen LogP contribution is 2.21. The topological polar surface area (TPSA) is 76.6 Å². The van der Waals surface area contributed by atoms with E-state index in [1.807, 2.05) is 63.2 Å². The summed E-state index contributed by atoms with van der Waals surface area (Å²) in [7, 11) is 0. The number of nitrogens with zero attached hydrogens (tertiary/aromatic N) is 3. The second kappa shape index (κ2) is 8.04. The van der Waals surface area contributed by atoms with Crippen LogP contribution in [0.3, 0.4) is 0 Å². The molecule has 1 amide bonds. The minimum Gasteiger partial charge on any atom is -0.443 e. The van der Waals surface area contributed by atoms with Gasteiger partial charge in [-0.05, 0) is 26.8 Å². The molecule has 0 atom stereocenters. The molecule has 0 saturated heterocycles. The van der Waals surface area contributed by atoms with Gasteiger partial charge in [0.05, 0.1) is 11.7 Å². The van der Waals surface area contributed by atoms with Crippen LogP contribution in [0.5, 0.6) is 0 Å². The van der Waals surface area contributed by atoms with E-state index in [1.54, 1.807) is 23.2 Å². The Morgan fingerprint density at radius 3 is 2.57 bits per heavy atom. The number of nitrogens with one attached hydrogen (secondary N) is 1. The van der Waals surface area contributed by atoms with Crippen molar-refractivity contribution >= 4 is 29.1 Å². The van der Waals surface area contributed by atoms with Crippen molar-refractivity contribution in [2.45, 2.75) is 32.9 Å². The maximum absolute atomic E-state index is 12.5. The molecule has 3 rings (SSSR count). The van der Waals surface area contributed by atoms with Crippen molar-refractivity contribution in [3.63, 3.8) is 0 Å². The molecule has 2 aromatic heterocycles. The third-order valence-electron chi connectivity index (χ3n) is 3.83. The number of fused-ring (bicyclic) bond motifs is 1. The van der Waals surface area contributed by atoms with Crippen molar-refractivity contribution in [1.82, 2.24) is 9.99 Å². The molecule has 0 bridgehead atoms. The molecule has 7 heteroatoms. The molecule has 1 aromatic carbocycles. The van der Waals surface area contributed by atoms with Gasteiger partial charge in [-0.25, -0.2) is 10.2 Å². The molecule has 0 aliphatic rings. The van der Waals surface area contributed by atoms with Crippen LogP contribution >= 0.6 is 0 Å². The lowest BCUT2D eigenvalue weighted by atomic mass is 10.2. The van der Waals surface area contributed by atoms with Gasteiger partial charge in [0.25, 0.3) is 0 Å². The van der Waals surface area contributed by atoms with Gasteiger partial charge in [-0.2, -0.15) is 9.67 Å². The Morgan fingerprint density at radius 1 is 1.14 bits per heavy atom. The Hall–Kier alpha value is -3.48. The summed E-state index contributed by atoms with van der Waals surface area (Å²) in [6, 6.07) is 13.0. The number of amides is 1. The van der Waals surface area contributed by atoms with Crippen LogP contribution in [-0.4, -0.2) is 28.4 Å². The SMILES string of the molecule is CC(C)(C)OC(=O)n1cc(/C=N/NC(=O)C[n+]2ccccc2)c2ccccc21. The number of hydrazone groups is 1. The van der Waals surface area contributed by atoms with E-state index in [1.165, 1.54) is 10.8 Å². The number of para-hydroxylation sites is 1. The van der Waals surface area contributed by atoms with Gasteiger partial charge in [-0.15, -0.1) is 0 Å². The van der Waals surface area contributed by atoms with Crippen LogP contribution in [-0.2, 0) is 16.1 Å². The van der Waals surface area contributed by atoms with E-state index >= 15 is 0 Å². The van der Waals surface area contributed by atoms with Crippen LogP contribution in [0.25, 0.3) is 10.9 Å². The zero-order valence-electron chi connectivity index (χ0n) is 16.1. The first kappa shape index (κ1) is 19.3. The average molecular weight is 379 g/mol. The highest BCUT2D eigenvalue weighted by atomic mass is 16.6. The zero-order chi connectivity index (χ0) is 20.1. The standard InChI is InChI=1S/C21H22N4O3/c1-21(2,3)28-20(27)25-14-16(17-9-5-6-10-18(17)25)13-22-23-19(26)15-24-11-7-4-8-12-24/h4-14H,15H2,1-3H3/p+1/b22-13+. The monoisotopic (exact) mass is 379 g/mol. The number of carbonyl (C=O) groups excluding carboxylic acids is 2. The molecular formula is C21H23N4O3+. The summed E-state index contributed by atoms with van der Waals surface area (Å²) < 4.78 is 8.66. The molecule has 0 fully saturated rings. The van der Waals surface area contributed by atoms with Gasteiger partial charge in [-0.1, -0.05) is 24.3 Å². The smallest absolute Gasteiger partial charge is 0.419 e. The lowest BCUT2D eigenvalue weighted by molar-refractivity contribution is -0.684. The molecule has 0 saturated carbocycles. The fraction of sp³-hybridized carbons (Fsp3) is 0.238. The fourth-order valence-electron chi connectivity index (χ4n) is 2.69. The summed E-state index contributed by atoms with van der Waals surface area (Å²) in [4.78, 5) is 24.5. The minimum absolute atomic E-state index is 0.165. The van der Waals surface area contributed by atoms with Crippen LogP contribution in [0.4, 0.5) is 4.79 Å². The number of ether oxygens (including phenoxy) is 1. The Kier molecular flexibility index (Phi) is 5.54. The summed E-state index contributed by atoms with van der Waals surface area (Å²) in [6.45, 7) is 5.62. The molecule has 0 aliphatic carbocycles. The van der Waals surface area contributed by atoms with E-state index in [0.29, 0.717) is 11.1 Å². The first-order valence-electron chi connectivity index (χ1n) is 8.93. The molecule has 0 spiro atoms. The molecule has 144 valence electrons. The van der Waals surface area contributed by atoms with Crippen LogP contribution in [0.1, 0.15) is 26.3 Å². The van der Waals surface area contributed by atoms with E-state index in [-0.39, 0.29) is 12.5 Å². The van der Waals surface area contributed by atoms with Crippen molar-refractivity contribution in [1.29, 1.82) is 0 Å². The van der Waals surface area contributed by atoms with E-state index in [9.17, 15) is 9.59 Å². The molecular weight excluding hydrogens is 356 g/mol. The second-order valence-corrected chi connectivity index (χ2v) is 7.29. The Morgan fingerprint density at radius 2 is 1.86 bits per heavy atom. The number of hydrogen-bond donors (Lipinski definition) is 1. The third-order valence-corrected chi connectivity index (χ3v) is 3.83.